The van der Waals surface area contributed by atoms with Crippen LogP contribution in [0, 0.1) is 11.3 Å². The summed E-state index contributed by atoms with van der Waals surface area (Å²) in [5.74, 6) is 0. The third-order valence-electron chi connectivity index (χ3n) is 3.56. The van der Waals surface area contributed by atoms with Gasteiger partial charge < -0.3 is 4.57 Å². The van der Waals surface area contributed by atoms with E-state index in [1.54, 1.807) is 24.4 Å². The molecule has 3 rings (SSSR count). The highest BCUT2D eigenvalue weighted by Gasteiger charge is 2.35. The van der Waals surface area contributed by atoms with Gasteiger partial charge in [-0.25, -0.2) is 0 Å². The van der Waals surface area contributed by atoms with Crippen LogP contribution in [0.15, 0.2) is 35.8 Å². The molecule has 0 saturated carbocycles. The van der Waals surface area contributed by atoms with Gasteiger partial charge in [0.25, 0.3) is 0 Å². The Morgan fingerprint density at radius 2 is 2.00 bits per heavy atom. The maximum Gasteiger partial charge on any atom is 0.426 e. The van der Waals surface area contributed by atoms with Gasteiger partial charge in [-0.05, 0) is 36.6 Å². The molecule has 2 aromatic heterocycles. The van der Waals surface area contributed by atoms with Crippen LogP contribution in [0.2, 0.25) is 0 Å². The van der Waals surface area contributed by atoms with Gasteiger partial charge in [0.15, 0.2) is 0 Å². The Bertz CT molecular complexity index is 881. The van der Waals surface area contributed by atoms with E-state index in [0.717, 1.165) is 5.52 Å². The van der Waals surface area contributed by atoms with E-state index in [9.17, 15) is 13.2 Å². The van der Waals surface area contributed by atoms with Crippen molar-refractivity contribution in [3.05, 3.63) is 46.3 Å². The lowest BCUT2D eigenvalue weighted by molar-refractivity contribution is -0.133. The summed E-state index contributed by atoms with van der Waals surface area (Å²) in [5, 5.41) is 11.1. The molecule has 0 unspecified atom stereocenters. The first kappa shape index (κ1) is 14.7. The Morgan fingerprint density at radius 3 is 2.64 bits per heavy atom. The standard InChI is InChI=1S/C16H11F3N2S/c1-2-21-9-13(11-5-6-22-15(11)16(17,18)19)12-7-10(8-20)3-4-14(12)21/h3-7,9H,2H2,1H3. The Morgan fingerprint density at radius 1 is 1.23 bits per heavy atom. The van der Waals surface area contributed by atoms with Crippen LogP contribution in [0.25, 0.3) is 22.0 Å². The molecule has 0 saturated heterocycles. The summed E-state index contributed by atoms with van der Waals surface area (Å²) in [6, 6.07) is 8.63. The van der Waals surface area contributed by atoms with E-state index in [1.807, 2.05) is 17.6 Å². The molecule has 0 atom stereocenters. The van der Waals surface area contributed by atoms with E-state index in [4.69, 9.17) is 5.26 Å². The van der Waals surface area contributed by atoms with Crippen LogP contribution in [-0.4, -0.2) is 4.57 Å². The van der Waals surface area contributed by atoms with E-state index < -0.39 is 11.1 Å². The molecule has 6 heteroatoms. The Labute approximate surface area is 129 Å². The molecule has 1 aromatic carbocycles. The Hall–Kier alpha value is -2.26. The number of benzene rings is 1. The molecule has 112 valence electrons. The van der Waals surface area contributed by atoms with Gasteiger partial charge in [-0.1, -0.05) is 0 Å². The smallest absolute Gasteiger partial charge is 0.347 e. The van der Waals surface area contributed by atoms with Crippen LogP contribution in [0.3, 0.4) is 0 Å². The molecular formula is C16H11F3N2S. The summed E-state index contributed by atoms with van der Waals surface area (Å²) in [4.78, 5) is -0.606. The first-order valence-corrected chi connectivity index (χ1v) is 7.51. The molecule has 2 nitrogen and oxygen atoms in total. The quantitative estimate of drug-likeness (QED) is 0.631. The molecule has 2 heterocycles. The largest absolute Gasteiger partial charge is 0.426 e. The van der Waals surface area contributed by atoms with Crippen molar-refractivity contribution in [1.82, 2.24) is 4.57 Å². The van der Waals surface area contributed by atoms with Gasteiger partial charge in [0.05, 0.1) is 11.6 Å². The fraction of sp³-hybridized carbons (Fsp3) is 0.188. The molecular weight excluding hydrogens is 309 g/mol. The summed E-state index contributed by atoms with van der Waals surface area (Å²) >= 11 is 0.687. The van der Waals surface area contributed by atoms with Crippen LogP contribution in [0.5, 0.6) is 0 Å². The predicted octanol–water partition coefficient (Wildman–Crippen LogP) is 5.28. The lowest BCUT2D eigenvalue weighted by atomic mass is 10.0. The van der Waals surface area contributed by atoms with Gasteiger partial charge in [0.1, 0.15) is 4.88 Å². The van der Waals surface area contributed by atoms with Gasteiger partial charge in [-0.15, -0.1) is 11.3 Å². The van der Waals surface area contributed by atoms with Gasteiger partial charge in [-0.2, -0.15) is 18.4 Å². The number of aromatic nitrogens is 1. The molecule has 3 aromatic rings. The summed E-state index contributed by atoms with van der Waals surface area (Å²) in [6.07, 6.45) is -2.65. The van der Waals surface area contributed by atoms with Crippen molar-refractivity contribution in [2.24, 2.45) is 0 Å². The highest BCUT2D eigenvalue weighted by Crippen LogP contribution is 2.43. The van der Waals surface area contributed by atoms with Crippen molar-refractivity contribution in [3.63, 3.8) is 0 Å². The second-order valence-electron chi connectivity index (χ2n) is 4.83. The maximum atomic E-state index is 13.2. The van der Waals surface area contributed by atoms with E-state index in [-0.39, 0.29) is 5.56 Å². The lowest BCUT2D eigenvalue weighted by Crippen LogP contribution is -2.03. The first-order valence-electron chi connectivity index (χ1n) is 6.63. The summed E-state index contributed by atoms with van der Waals surface area (Å²) in [6.45, 7) is 2.58. The normalized spacial score (nSPS) is 11.8. The number of rotatable bonds is 2. The van der Waals surface area contributed by atoms with Gasteiger partial charge in [0, 0.05) is 34.8 Å². The molecule has 0 aliphatic rings. The number of fused-ring (bicyclic) bond motifs is 1. The SMILES string of the molecule is CCn1cc(-c2ccsc2C(F)(F)F)c2cc(C#N)ccc21. The average molecular weight is 320 g/mol. The first-order chi connectivity index (χ1) is 10.5. The van der Waals surface area contributed by atoms with Crippen LogP contribution in [0.1, 0.15) is 17.4 Å². The van der Waals surface area contributed by atoms with Gasteiger partial charge >= 0.3 is 6.18 Å². The molecule has 0 bridgehead atoms. The van der Waals surface area contributed by atoms with Crippen molar-refractivity contribution in [2.75, 3.05) is 0 Å². The second-order valence-corrected chi connectivity index (χ2v) is 5.75. The van der Waals surface area contributed by atoms with E-state index in [1.165, 1.54) is 11.4 Å². The van der Waals surface area contributed by atoms with E-state index in [0.29, 0.717) is 34.4 Å². The number of thiophene rings is 1. The van der Waals surface area contributed by atoms with Crippen LogP contribution >= 0.6 is 11.3 Å². The molecule has 22 heavy (non-hydrogen) atoms. The Kier molecular flexibility index (Phi) is 3.45. The third-order valence-corrected chi connectivity index (χ3v) is 4.52. The average Bonchev–Trinajstić information content (AvgIpc) is 3.10. The van der Waals surface area contributed by atoms with Crippen molar-refractivity contribution in [2.45, 2.75) is 19.6 Å². The van der Waals surface area contributed by atoms with Gasteiger partial charge in [-0.3, -0.25) is 0 Å². The maximum absolute atomic E-state index is 13.2. The van der Waals surface area contributed by atoms with Crippen LogP contribution in [0.4, 0.5) is 13.2 Å². The van der Waals surface area contributed by atoms with Gasteiger partial charge in [0.2, 0.25) is 0 Å². The summed E-state index contributed by atoms with van der Waals surface area (Å²) in [7, 11) is 0. The molecule has 0 amide bonds. The fourth-order valence-corrected chi connectivity index (χ4v) is 3.36. The van der Waals surface area contributed by atoms with E-state index >= 15 is 0 Å². The topological polar surface area (TPSA) is 28.7 Å². The van der Waals surface area contributed by atoms with Crippen LogP contribution in [-0.2, 0) is 12.7 Å². The summed E-state index contributed by atoms with van der Waals surface area (Å²) in [5.41, 5.74) is 1.95. The van der Waals surface area contributed by atoms with Crippen molar-refractivity contribution in [1.29, 1.82) is 5.26 Å². The molecule has 0 fully saturated rings. The lowest BCUT2D eigenvalue weighted by Gasteiger charge is -2.06. The molecule has 0 aliphatic carbocycles. The zero-order chi connectivity index (χ0) is 15.9. The highest BCUT2D eigenvalue weighted by atomic mass is 32.1. The molecule has 0 spiro atoms. The number of nitrogens with zero attached hydrogens (tertiary/aromatic N) is 2. The molecule has 0 aliphatic heterocycles. The molecule has 0 N–H and O–H groups in total. The van der Waals surface area contributed by atoms with E-state index in [2.05, 4.69) is 0 Å². The molecule has 0 radical (unpaired) electrons. The number of hydrogen-bond acceptors (Lipinski definition) is 2. The zero-order valence-corrected chi connectivity index (χ0v) is 12.4. The Balaban J connectivity index is 2.32. The number of nitriles is 1. The van der Waals surface area contributed by atoms with Crippen molar-refractivity contribution >= 4 is 22.2 Å². The second kappa shape index (κ2) is 5.18. The number of alkyl halides is 3. The zero-order valence-electron chi connectivity index (χ0n) is 11.6. The predicted molar refractivity (Wildman–Crippen MR) is 80.6 cm³/mol. The summed E-state index contributed by atoms with van der Waals surface area (Å²) < 4.78 is 41.4. The fourth-order valence-electron chi connectivity index (χ4n) is 2.58. The monoisotopic (exact) mass is 320 g/mol. The minimum atomic E-state index is -4.38. The third kappa shape index (κ3) is 2.28. The van der Waals surface area contributed by atoms with Crippen molar-refractivity contribution in [3.8, 4) is 17.2 Å². The number of halogens is 3. The minimum absolute atomic E-state index is 0.171. The number of hydrogen-bond donors (Lipinski definition) is 0. The minimum Gasteiger partial charge on any atom is -0.347 e. The van der Waals surface area contributed by atoms with Crippen LogP contribution < -0.4 is 0 Å². The number of aryl methyl sites for hydroxylation is 1. The highest BCUT2D eigenvalue weighted by molar-refractivity contribution is 7.10. The van der Waals surface area contributed by atoms with Crippen molar-refractivity contribution < 1.29 is 13.2 Å².